The zero-order chi connectivity index (χ0) is 22.2. The highest BCUT2D eigenvalue weighted by Gasteiger charge is 2.36. The first-order valence-corrected chi connectivity index (χ1v) is 11.6. The third kappa shape index (κ3) is 3.78. The SMILES string of the molecule is Cc1c(NC(=O)C2CC(=O)N(c3ccc4c(c3)CCC4)C2)cccc1C(=O)N1CCCC1. The Morgan fingerprint density at radius 3 is 2.59 bits per heavy atom. The Morgan fingerprint density at radius 1 is 1.00 bits per heavy atom. The van der Waals surface area contributed by atoms with Gasteiger partial charge in [-0.25, -0.2) is 0 Å². The van der Waals surface area contributed by atoms with E-state index in [2.05, 4.69) is 17.4 Å². The fourth-order valence-corrected chi connectivity index (χ4v) is 5.19. The maximum Gasteiger partial charge on any atom is 0.254 e. The first-order chi connectivity index (χ1) is 15.5. The molecule has 0 saturated carbocycles. The van der Waals surface area contributed by atoms with Crippen LogP contribution in [0.2, 0.25) is 0 Å². The molecule has 1 aliphatic carbocycles. The number of likely N-dealkylation sites (tertiary alicyclic amines) is 1. The minimum Gasteiger partial charge on any atom is -0.339 e. The number of benzene rings is 2. The molecule has 3 amide bonds. The Labute approximate surface area is 188 Å². The zero-order valence-corrected chi connectivity index (χ0v) is 18.5. The van der Waals surface area contributed by atoms with Crippen molar-refractivity contribution in [2.45, 2.75) is 45.4 Å². The molecule has 1 unspecified atom stereocenters. The summed E-state index contributed by atoms with van der Waals surface area (Å²) < 4.78 is 0. The summed E-state index contributed by atoms with van der Waals surface area (Å²) in [5.74, 6) is -0.573. The summed E-state index contributed by atoms with van der Waals surface area (Å²) in [7, 11) is 0. The lowest BCUT2D eigenvalue weighted by Crippen LogP contribution is -2.29. The Balaban J connectivity index is 1.29. The van der Waals surface area contributed by atoms with Gasteiger partial charge < -0.3 is 15.1 Å². The molecule has 1 atom stereocenters. The highest BCUT2D eigenvalue weighted by atomic mass is 16.2. The van der Waals surface area contributed by atoms with Crippen molar-refractivity contribution in [1.82, 2.24) is 4.90 Å². The van der Waals surface area contributed by atoms with Crippen LogP contribution < -0.4 is 10.2 Å². The number of carbonyl (C=O) groups is 3. The Kier molecular flexibility index (Phi) is 5.45. The predicted molar refractivity (Wildman–Crippen MR) is 124 cm³/mol. The summed E-state index contributed by atoms with van der Waals surface area (Å²) in [6.07, 6.45) is 5.61. The average Bonchev–Trinajstić information content (AvgIpc) is 3.55. The van der Waals surface area contributed by atoms with Gasteiger partial charge in [-0.3, -0.25) is 14.4 Å². The van der Waals surface area contributed by atoms with Crippen molar-refractivity contribution in [2.75, 3.05) is 29.9 Å². The maximum atomic E-state index is 13.0. The molecule has 5 rings (SSSR count). The van der Waals surface area contributed by atoms with Gasteiger partial charge in [0, 0.05) is 43.0 Å². The third-order valence-corrected chi connectivity index (χ3v) is 7.10. The topological polar surface area (TPSA) is 69.7 Å². The minimum absolute atomic E-state index is 0.0159. The monoisotopic (exact) mass is 431 g/mol. The molecule has 166 valence electrons. The van der Waals surface area contributed by atoms with Crippen molar-refractivity contribution in [3.63, 3.8) is 0 Å². The van der Waals surface area contributed by atoms with Crippen molar-refractivity contribution in [3.8, 4) is 0 Å². The van der Waals surface area contributed by atoms with Crippen molar-refractivity contribution in [3.05, 3.63) is 58.7 Å². The van der Waals surface area contributed by atoms with Crippen LogP contribution in [0.5, 0.6) is 0 Å². The first kappa shape index (κ1) is 20.7. The van der Waals surface area contributed by atoms with E-state index >= 15 is 0 Å². The van der Waals surface area contributed by atoms with E-state index in [9.17, 15) is 14.4 Å². The van der Waals surface area contributed by atoms with Crippen LogP contribution in [0.15, 0.2) is 36.4 Å². The van der Waals surface area contributed by atoms with E-state index in [1.807, 2.05) is 36.1 Å². The third-order valence-electron chi connectivity index (χ3n) is 7.10. The normalized spacial score (nSPS) is 20.0. The fourth-order valence-electron chi connectivity index (χ4n) is 5.19. The molecule has 0 aromatic heterocycles. The lowest BCUT2D eigenvalue weighted by atomic mass is 10.0. The number of carbonyl (C=O) groups excluding carboxylic acids is 3. The molecule has 32 heavy (non-hydrogen) atoms. The van der Waals surface area contributed by atoms with Gasteiger partial charge in [-0.1, -0.05) is 12.1 Å². The van der Waals surface area contributed by atoms with Gasteiger partial charge in [0.05, 0.1) is 5.92 Å². The van der Waals surface area contributed by atoms with Crippen LogP contribution in [0.4, 0.5) is 11.4 Å². The van der Waals surface area contributed by atoms with Crippen LogP contribution in [-0.4, -0.2) is 42.3 Å². The number of amides is 3. The number of anilines is 2. The van der Waals surface area contributed by atoms with Gasteiger partial charge >= 0.3 is 0 Å². The van der Waals surface area contributed by atoms with Gasteiger partial charge in [-0.05, 0) is 80.0 Å². The van der Waals surface area contributed by atoms with Crippen LogP contribution in [0.1, 0.15) is 52.7 Å². The molecule has 1 N–H and O–H groups in total. The van der Waals surface area contributed by atoms with E-state index in [1.54, 1.807) is 4.90 Å². The van der Waals surface area contributed by atoms with Gasteiger partial charge in [0.25, 0.3) is 5.91 Å². The Morgan fingerprint density at radius 2 is 1.78 bits per heavy atom. The van der Waals surface area contributed by atoms with Crippen LogP contribution in [-0.2, 0) is 22.4 Å². The van der Waals surface area contributed by atoms with E-state index in [0.717, 1.165) is 56.4 Å². The van der Waals surface area contributed by atoms with Crippen molar-refractivity contribution >= 4 is 29.1 Å². The molecule has 2 fully saturated rings. The van der Waals surface area contributed by atoms with Crippen molar-refractivity contribution in [1.29, 1.82) is 0 Å². The molecule has 2 saturated heterocycles. The molecular weight excluding hydrogens is 402 g/mol. The summed E-state index contributed by atoms with van der Waals surface area (Å²) >= 11 is 0. The average molecular weight is 432 g/mol. The number of fused-ring (bicyclic) bond motifs is 1. The fraction of sp³-hybridized carbons (Fsp3) is 0.423. The van der Waals surface area contributed by atoms with Crippen LogP contribution in [0.3, 0.4) is 0 Å². The number of hydrogen-bond donors (Lipinski definition) is 1. The molecule has 0 bridgehead atoms. The second kappa shape index (κ2) is 8.41. The summed E-state index contributed by atoms with van der Waals surface area (Å²) in [6, 6.07) is 11.7. The second-order valence-corrected chi connectivity index (χ2v) is 9.18. The predicted octanol–water partition coefficient (Wildman–Crippen LogP) is 3.71. The summed E-state index contributed by atoms with van der Waals surface area (Å²) in [6.45, 7) is 3.83. The standard InChI is InChI=1S/C26H29N3O3/c1-17-22(26(32)28-12-2-3-13-28)8-5-9-23(17)27-25(31)20-15-24(30)29(16-20)21-11-10-18-6-4-7-19(18)14-21/h5,8-11,14,20H,2-4,6-7,12-13,15-16H2,1H3,(H,27,31). The quantitative estimate of drug-likeness (QED) is 0.802. The van der Waals surface area contributed by atoms with Gasteiger partial charge in [-0.15, -0.1) is 0 Å². The lowest BCUT2D eigenvalue weighted by Gasteiger charge is -2.19. The van der Waals surface area contributed by atoms with Crippen LogP contribution in [0, 0.1) is 12.8 Å². The van der Waals surface area contributed by atoms with Crippen LogP contribution in [0.25, 0.3) is 0 Å². The number of aryl methyl sites for hydroxylation is 2. The maximum absolute atomic E-state index is 13.0. The molecular formula is C26H29N3O3. The summed E-state index contributed by atoms with van der Waals surface area (Å²) in [4.78, 5) is 42.2. The van der Waals surface area contributed by atoms with Crippen molar-refractivity contribution < 1.29 is 14.4 Å². The summed E-state index contributed by atoms with van der Waals surface area (Å²) in [5, 5.41) is 2.98. The number of rotatable bonds is 4. The van der Waals surface area contributed by atoms with Crippen LogP contribution >= 0.6 is 0 Å². The van der Waals surface area contributed by atoms with E-state index in [0.29, 0.717) is 17.8 Å². The zero-order valence-electron chi connectivity index (χ0n) is 18.5. The molecule has 3 aliphatic rings. The van der Waals surface area contributed by atoms with Gasteiger partial charge in [0.15, 0.2) is 0 Å². The first-order valence-electron chi connectivity index (χ1n) is 11.6. The minimum atomic E-state index is -0.409. The highest BCUT2D eigenvalue weighted by molar-refractivity contribution is 6.04. The van der Waals surface area contributed by atoms with E-state index in [1.165, 1.54) is 11.1 Å². The molecule has 6 nitrogen and oxygen atoms in total. The largest absolute Gasteiger partial charge is 0.339 e. The Bertz CT molecular complexity index is 1090. The van der Waals surface area contributed by atoms with Crippen molar-refractivity contribution in [2.24, 2.45) is 5.92 Å². The molecule has 0 radical (unpaired) electrons. The molecule has 6 heteroatoms. The highest BCUT2D eigenvalue weighted by Crippen LogP contribution is 2.31. The molecule has 2 aliphatic heterocycles. The van der Waals surface area contributed by atoms with Gasteiger partial charge in [0.1, 0.15) is 0 Å². The van der Waals surface area contributed by atoms with Gasteiger partial charge in [-0.2, -0.15) is 0 Å². The molecule has 2 heterocycles. The lowest BCUT2D eigenvalue weighted by molar-refractivity contribution is -0.122. The van der Waals surface area contributed by atoms with E-state index in [4.69, 9.17) is 0 Å². The van der Waals surface area contributed by atoms with E-state index in [-0.39, 0.29) is 24.1 Å². The number of hydrogen-bond acceptors (Lipinski definition) is 3. The molecule has 0 spiro atoms. The van der Waals surface area contributed by atoms with Gasteiger partial charge in [0.2, 0.25) is 11.8 Å². The molecule has 2 aromatic rings. The smallest absolute Gasteiger partial charge is 0.254 e. The Hall–Kier alpha value is -3.15. The number of nitrogens with one attached hydrogen (secondary N) is 1. The summed E-state index contributed by atoms with van der Waals surface area (Å²) in [5.41, 5.74) is 5.63. The second-order valence-electron chi connectivity index (χ2n) is 9.18. The number of nitrogens with zero attached hydrogens (tertiary/aromatic N) is 2. The van der Waals surface area contributed by atoms with E-state index < -0.39 is 5.92 Å². The molecule has 2 aromatic carbocycles.